The van der Waals surface area contributed by atoms with Crippen LogP contribution in [0, 0.1) is 5.92 Å². The van der Waals surface area contributed by atoms with Crippen LogP contribution in [0.15, 0.2) is 103 Å². The number of carbonyl (C=O) groups is 7. The minimum atomic E-state index is -2.29. The summed E-state index contributed by atoms with van der Waals surface area (Å²) < 4.78 is 0. The molecule has 7 rings (SSSR count). The lowest BCUT2D eigenvalue weighted by atomic mass is 9.96. The van der Waals surface area contributed by atoms with Crippen LogP contribution in [0.5, 0.6) is 5.75 Å². The SMILES string of the molecule is C[C@@H](O)[C@@H]1NC(=O)[C@H]([C@H](O)[C@@H](O)c2ccc(O)cc2)NC(=O)[C@@H]2C[C@@H](O)CN2C(=O)[C@H]([C@@H](C)O)NC(=O)[C@@H](NC(=O)c2ccc(-c3ccc(-c4ccccc4)cc3)cc2)C[C@@H](O)[C@@H](O)NC(=O)[C@@H]2[C@@H](O)[C@@H](C)CN2C1=O. The molecule has 406 valence electrons. The number of aliphatic hydroxyl groups is 8. The Labute approximate surface area is 436 Å². The van der Waals surface area contributed by atoms with Crippen molar-refractivity contribution in [3.05, 3.63) is 114 Å². The molecule has 0 saturated carbocycles. The lowest BCUT2D eigenvalue weighted by Gasteiger charge is -2.34. The first kappa shape index (κ1) is 56.4. The summed E-state index contributed by atoms with van der Waals surface area (Å²) in [6, 6.07) is 16.7. The Morgan fingerprint density at radius 1 is 0.592 bits per heavy atom. The third-order valence-corrected chi connectivity index (χ3v) is 13.9. The lowest BCUT2D eigenvalue weighted by molar-refractivity contribution is -0.148. The molecule has 3 heterocycles. The number of hydrogen-bond acceptors (Lipinski definition) is 16. The van der Waals surface area contributed by atoms with Gasteiger partial charge < -0.3 is 82.3 Å². The second-order valence-corrected chi connectivity index (χ2v) is 19.6. The number of phenols is 1. The van der Waals surface area contributed by atoms with E-state index in [2.05, 4.69) is 26.6 Å². The Balaban J connectivity index is 1.22. The quantitative estimate of drug-likeness (QED) is 0.0824. The highest BCUT2D eigenvalue weighted by Crippen LogP contribution is 2.29. The summed E-state index contributed by atoms with van der Waals surface area (Å²) in [6.45, 7) is 2.70. The molecule has 3 aliphatic rings. The van der Waals surface area contributed by atoms with Gasteiger partial charge in [-0.1, -0.05) is 85.8 Å². The molecule has 0 spiro atoms. The number of carbonyl (C=O) groups excluding carboxylic acids is 7. The fourth-order valence-electron chi connectivity index (χ4n) is 9.57. The van der Waals surface area contributed by atoms with Crippen LogP contribution in [0.3, 0.4) is 0 Å². The zero-order valence-electron chi connectivity index (χ0n) is 41.6. The molecular weight excluding hydrogens is 991 g/mol. The van der Waals surface area contributed by atoms with Gasteiger partial charge in [0, 0.05) is 37.4 Å². The van der Waals surface area contributed by atoms with Gasteiger partial charge in [-0.15, -0.1) is 0 Å². The van der Waals surface area contributed by atoms with Gasteiger partial charge in [-0.25, -0.2) is 0 Å². The molecule has 4 aromatic rings. The first-order chi connectivity index (χ1) is 36.0. The molecule has 0 aliphatic carbocycles. The van der Waals surface area contributed by atoms with E-state index in [1.54, 1.807) is 12.1 Å². The molecule has 23 nitrogen and oxygen atoms in total. The van der Waals surface area contributed by atoms with Crippen molar-refractivity contribution in [2.75, 3.05) is 13.1 Å². The van der Waals surface area contributed by atoms with E-state index in [1.807, 2.05) is 54.6 Å². The smallest absolute Gasteiger partial charge is 0.251 e. The van der Waals surface area contributed by atoms with E-state index >= 15 is 0 Å². The van der Waals surface area contributed by atoms with Gasteiger partial charge in [-0.05, 0) is 65.9 Å². The number of aliphatic hydroxyl groups excluding tert-OH is 8. The molecule has 0 bridgehead atoms. The Morgan fingerprint density at radius 2 is 1.11 bits per heavy atom. The number of amides is 7. The van der Waals surface area contributed by atoms with Crippen LogP contribution in [0.4, 0.5) is 0 Å². The molecule has 7 amide bonds. The predicted octanol–water partition coefficient (Wildman–Crippen LogP) is -2.50. The minimum Gasteiger partial charge on any atom is -0.508 e. The maximum absolute atomic E-state index is 14.4. The zero-order chi connectivity index (χ0) is 55.3. The van der Waals surface area contributed by atoms with Crippen molar-refractivity contribution in [2.45, 2.75) is 119 Å². The summed E-state index contributed by atoms with van der Waals surface area (Å²) in [5, 5.41) is 111. The van der Waals surface area contributed by atoms with Crippen molar-refractivity contribution >= 4 is 41.4 Å². The average Bonchev–Trinajstić information content (AvgIpc) is 3.96. The second-order valence-electron chi connectivity index (χ2n) is 19.6. The van der Waals surface area contributed by atoms with E-state index in [0.29, 0.717) is 0 Å². The highest BCUT2D eigenvalue weighted by atomic mass is 16.3. The number of aromatic hydroxyl groups is 1. The molecular formula is C53H63N7O16. The van der Waals surface area contributed by atoms with Crippen LogP contribution in [0.1, 0.15) is 55.6 Å². The van der Waals surface area contributed by atoms with Crippen LogP contribution >= 0.6 is 0 Å². The van der Waals surface area contributed by atoms with Crippen molar-refractivity contribution in [3.8, 4) is 28.0 Å². The normalized spacial score (nSPS) is 28.8. The van der Waals surface area contributed by atoms with Crippen molar-refractivity contribution < 1.29 is 79.5 Å². The number of fused-ring (bicyclic) bond motifs is 2. The van der Waals surface area contributed by atoms with Crippen molar-refractivity contribution in [3.63, 3.8) is 0 Å². The zero-order valence-corrected chi connectivity index (χ0v) is 41.6. The summed E-state index contributed by atoms with van der Waals surface area (Å²) in [7, 11) is 0. The first-order valence-corrected chi connectivity index (χ1v) is 24.7. The standard InChI is InChI=1S/C53H63N7O16/c1-25-23-60-42(43(25)66)51(74)58-49(72)38(65)22-36(54-46(69)33-15-13-31(14-16-33)30-11-9-29(10-12-30)28-7-5-4-6-8-28)47(70)55-39(26(2)61)52(75)59-24-35(64)21-37(59)48(71)57-41(50(73)56-40(27(3)62)53(60)76)45(68)44(67)32-17-19-34(63)20-18-32/h4-20,25-27,35-45,49,61-68,72H,21-24H2,1-3H3,(H,54,69)(H,55,70)(H,56,73)(H,57,71)(H,58,74)/t25-,26+,27+,35+,36-,37-,38+,39-,40-,41-,42-,43-,44-,45-,49+/m0/s1. The summed E-state index contributed by atoms with van der Waals surface area (Å²) in [5.41, 5.74) is 3.48. The number of nitrogens with one attached hydrogen (secondary N) is 5. The van der Waals surface area contributed by atoms with Crippen LogP contribution < -0.4 is 26.6 Å². The van der Waals surface area contributed by atoms with E-state index in [4.69, 9.17) is 0 Å². The molecule has 0 radical (unpaired) electrons. The van der Waals surface area contributed by atoms with Crippen molar-refractivity contribution in [1.29, 1.82) is 0 Å². The van der Waals surface area contributed by atoms with Crippen LogP contribution in [-0.2, 0) is 28.8 Å². The highest BCUT2D eigenvalue weighted by molar-refractivity contribution is 6.00. The van der Waals surface area contributed by atoms with Gasteiger partial charge >= 0.3 is 0 Å². The molecule has 0 unspecified atom stereocenters. The van der Waals surface area contributed by atoms with E-state index in [0.717, 1.165) is 58.0 Å². The average molecular weight is 1050 g/mol. The Kier molecular flexibility index (Phi) is 17.9. The largest absolute Gasteiger partial charge is 0.508 e. The summed E-state index contributed by atoms with van der Waals surface area (Å²) in [5.74, 6) is -9.43. The van der Waals surface area contributed by atoms with Gasteiger partial charge in [0.1, 0.15) is 60.3 Å². The monoisotopic (exact) mass is 1050 g/mol. The highest BCUT2D eigenvalue weighted by Gasteiger charge is 2.50. The molecule has 76 heavy (non-hydrogen) atoms. The summed E-state index contributed by atoms with van der Waals surface area (Å²) >= 11 is 0. The molecule has 23 heteroatoms. The van der Waals surface area contributed by atoms with Gasteiger partial charge in [-0.3, -0.25) is 33.6 Å². The van der Waals surface area contributed by atoms with E-state index in [-0.39, 0.29) is 23.4 Å². The molecule has 3 aliphatic heterocycles. The maximum atomic E-state index is 14.4. The van der Waals surface area contributed by atoms with Crippen LogP contribution in [-0.4, -0.2) is 189 Å². The molecule has 4 aromatic carbocycles. The molecule has 3 fully saturated rings. The Bertz CT molecular complexity index is 2730. The van der Waals surface area contributed by atoms with Gasteiger partial charge in [0.05, 0.1) is 24.4 Å². The number of rotatable bonds is 9. The summed E-state index contributed by atoms with van der Waals surface area (Å²) in [4.78, 5) is 101. The maximum Gasteiger partial charge on any atom is 0.251 e. The molecule has 3 saturated heterocycles. The van der Waals surface area contributed by atoms with Crippen LogP contribution in [0.25, 0.3) is 22.3 Å². The molecule has 15 atom stereocenters. The van der Waals surface area contributed by atoms with E-state index < -0.39 is 152 Å². The third kappa shape index (κ3) is 12.7. The van der Waals surface area contributed by atoms with Gasteiger partial charge in [-0.2, -0.15) is 0 Å². The van der Waals surface area contributed by atoms with Gasteiger partial charge in [0.15, 0.2) is 6.23 Å². The van der Waals surface area contributed by atoms with Crippen molar-refractivity contribution in [2.24, 2.45) is 5.92 Å². The van der Waals surface area contributed by atoms with Gasteiger partial charge in [0.2, 0.25) is 35.4 Å². The van der Waals surface area contributed by atoms with E-state index in [9.17, 15) is 79.5 Å². The lowest BCUT2D eigenvalue weighted by Crippen LogP contribution is -2.64. The second kappa shape index (κ2) is 24.1. The number of nitrogens with zero attached hydrogens (tertiary/aromatic N) is 2. The van der Waals surface area contributed by atoms with Crippen LogP contribution in [0.2, 0.25) is 0 Å². The van der Waals surface area contributed by atoms with Crippen molar-refractivity contribution in [1.82, 2.24) is 36.4 Å². The Morgan fingerprint density at radius 3 is 1.67 bits per heavy atom. The number of phenolic OH excluding ortho intramolecular Hbond substituents is 1. The fourth-order valence-corrected chi connectivity index (χ4v) is 9.57. The predicted molar refractivity (Wildman–Crippen MR) is 268 cm³/mol. The summed E-state index contributed by atoms with van der Waals surface area (Å²) in [6.07, 6.45) is -16.7. The number of hydrogen-bond donors (Lipinski definition) is 14. The van der Waals surface area contributed by atoms with E-state index in [1.165, 1.54) is 31.2 Å². The minimum absolute atomic E-state index is 0.0165. The topological polar surface area (TPSA) is 368 Å². The molecule has 0 aromatic heterocycles. The third-order valence-electron chi connectivity index (χ3n) is 13.9. The Hall–Kier alpha value is -7.35. The fraction of sp³-hybridized carbons (Fsp3) is 0.415. The van der Waals surface area contributed by atoms with Gasteiger partial charge in [0.25, 0.3) is 5.91 Å². The molecule has 14 N–H and O–H groups in total. The first-order valence-electron chi connectivity index (χ1n) is 24.7. The number of benzene rings is 4.